The van der Waals surface area contributed by atoms with Crippen LogP contribution in [-0.2, 0) is 0 Å². The predicted octanol–water partition coefficient (Wildman–Crippen LogP) is 2.00. The lowest BCUT2D eigenvalue weighted by Crippen LogP contribution is -2.00. The molecular weight excluding hydrogens is 288 g/mol. The Morgan fingerprint density at radius 1 is 1.62 bits per heavy atom. The summed E-state index contributed by atoms with van der Waals surface area (Å²) in [6.07, 6.45) is 0. The fourth-order valence-electron chi connectivity index (χ4n) is 0.794. The van der Waals surface area contributed by atoms with Gasteiger partial charge in [-0.2, -0.15) is 5.26 Å². The number of nitrogens with zero attached hydrogens (tertiary/aromatic N) is 1. The average molecular weight is 291 g/mol. The maximum absolute atomic E-state index is 13.0. The van der Waals surface area contributed by atoms with Crippen LogP contribution >= 0.6 is 22.6 Å². The largest absolute Gasteiger partial charge is 0.478 e. The van der Waals surface area contributed by atoms with Crippen molar-refractivity contribution in [1.29, 1.82) is 5.26 Å². The molecule has 3 nitrogen and oxygen atoms in total. The van der Waals surface area contributed by atoms with E-state index in [4.69, 9.17) is 10.4 Å². The van der Waals surface area contributed by atoms with Crippen molar-refractivity contribution in [1.82, 2.24) is 0 Å². The van der Waals surface area contributed by atoms with Gasteiger partial charge in [-0.3, -0.25) is 0 Å². The van der Waals surface area contributed by atoms with Crippen molar-refractivity contribution in [2.24, 2.45) is 0 Å². The number of carbonyl (C=O) groups is 1. The summed E-state index contributed by atoms with van der Waals surface area (Å²) in [7, 11) is 0. The third-order valence-electron chi connectivity index (χ3n) is 1.40. The maximum atomic E-state index is 13.0. The maximum Gasteiger partial charge on any atom is 0.335 e. The van der Waals surface area contributed by atoms with Crippen molar-refractivity contribution >= 4 is 28.6 Å². The summed E-state index contributed by atoms with van der Waals surface area (Å²) in [5, 5.41) is 17.0. The lowest BCUT2D eigenvalue weighted by atomic mass is 10.1. The average Bonchev–Trinajstić information content (AvgIpc) is 2.09. The van der Waals surface area contributed by atoms with Gasteiger partial charge in [-0.25, -0.2) is 9.18 Å². The van der Waals surface area contributed by atoms with Gasteiger partial charge in [0.2, 0.25) is 0 Å². The smallest absolute Gasteiger partial charge is 0.335 e. The Bertz CT molecular complexity index is 411. The minimum absolute atomic E-state index is 0.0812. The molecule has 0 aliphatic rings. The van der Waals surface area contributed by atoms with Gasteiger partial charge in [0.15, 0.2) is 5.82 Å². The predicted molar refractivity (Wildman–Crippen MR) is 50.8 cm³/mol. The first-order valence-electron chi connectivity index (χ1n) is 3.18. The molecule has 0 aliphatic carbocycles. The van der Waals surface area contributed by atoms with Crippen molar-refractivity contribution in [2.75, 3.05) is 0 Å². The number of carboxylic acid groups (broad SMARTS) is 1. The van der Waals surface area contributed by atoms with Crippen molar-refractivity contribution in [3.8, 4) is 6.07 Å². The molecule has 13 heavy (non-hydrogen) atoms. The Hall–Kier alpha value is -1.16. The Morgan fingerprint density at radius 3 is 2.69 bits per heavy atom. The fraction of sp³-hybridized carbons (Fsp3) is 0. The molecule has 1 rings (SSSR count). The topological polar surface area (TPSA) is 61.1 Å². The fourth-order valence-corrected chi connectivity index (χ4v) is 1.42. The number of carboxylic acids is 1. The number of benzene rings is 1. The van der Waals surface area contributed by atoms with E-state index in [0.29, 0.717) is 0 Å². The van der Waals surface area contributed by atoms with E-state index in [0.717, 1.165) is 6.07 Å². The SMILES string of the molecule is N#Cc1cc(C(=O)O)cc(I)c1F. The molecule has 0 aliphatic heterocycles. The van der Waals surface area contributed by atoms with Crippen molar-refractivity contribution in [3.05, 3.63) is 32.6 Å². The highest BCUT2D eigenvalue weighted by Gasteiger charge is 2.11. The lowest BCUT2D eigenvalue weighted by molar-refractivity contribution is 0.0696. The summed E-state index contributed by atoms with van der Waals surface area (Å²) in [5.41, 5.74) is -0.327. The van der Waals surface area contributed by atoms with Crippen LogP contribution in [0.4, 0.5) is 4.39 Å². The van der Waals surface area contributed by atoms with E-state index < -0.39 is 11.8 Å². The van der Waals surface area contributed by atoms with Gasteiger partial charge in [0.25, 0.3) is 0 Å². The summed E-state index contributed by atoms with van der Waals surface area (Å²) < 4.78 is 13.2. The molecular formula is C8H3FINO2. The number of rotatable bonds is 1. The standard InChI is InChI=1S/C8H3FINO2/c9-7-5(3-11)1-4(8(12)13)2-6(7)10/h1-2H,(H,12,13). The Labute approximate surface area is 86.9 Å². The van der Waals surface area contributed by atoms with Gasteiger partial charge in [-0.05, 0) is 34.7 Å². The highest BCUT2D eigenvalue weighted by atomic mass is 127. The van der Waals surface area contributed by atoms with Crippen LogP contribution in [0.15, 0.2) is 12.1 Å². The van der Waals surface area contributed by atoms with Gasteiger partial charge < -0.3 is 5.11 Å². The van der Waals surface area contributed by atoms with Gasteiger partial charge in [-0.1, -0.05) is 0 Å². The first kappa shape index (κ1) is 9.92. The molecule has 0 fully saturated rings. The second-order valence-electron chi connectivity index (χ2n) is 2.24. The highest BCUT2D eigenvalue weighted by Crippen LogP contribution is 2.17. The summed E-state index contributed by atoms with van der Waals surface area (Å²) in [6.45, 7) is 0. The van der Waals surface area contributed by atoms with E-state index in [2.05, 4.69) is 0 Å². The van der Waals surface area contributed by atoms with Crippen LogP contribution in [0.3, 0.4) is 0 Å². The third-order valence-corrected chi connectivity index (χ3v) is 2.18. The van der Waals surface area contributed by atoms with Gasteiger partial charge in [0.05, 0.1) is 14.7 Å². The summed E-state index contributed by atoms with van der Waals surface area (Å²) >= 11 is 1.64. The summed E-state index contributed by atoms with van der Waals surface area (Å²) in [4.78, 5) is 10.5. The Kier molecular flexibility index (Phi) is 2.83. The number of halogens is 2. The molecule has 0 spiro atoms. The van der Waals surface area contributed by atoms with Gasteiger partial charge in [0.1, 0.15) is 6.07 Å². The summed E-state index contributed by atoms with van der Waals surface area (Å²) in [6, 6.07) is 3.78. The van der Waals surface area contributed by atoms with Gasteiger partial charge in [-0.15, -0.1) is 0 Å². The molecule has 0 bridgehead atoms. The van der Waals surface area contributed by atoms with Crippen LogP contribution in [0.25, 0.3) is 0 Å². The van der Waals surface area contributed by atoms with E-state index in [-0.39, 0.29) is 14.7 Å². The molecule has 0 unspecified atom stereocenters. The van der Waals surface area contributed by atoms with Crippen molar-refractivity contribution in [3.63, 3.8) is 0 Å². The first-order chi connectivity index (χ1) is 6.06. The zero-order valence-electron chi connectivity index (χ0n) is 6.21. The molecule has 0 aromatic heterocycles. The van der Waals surface area contributed by atoms with Gasteiger partial charge >= 0.3 is 5.97 Å². The lowest BCUT2D eigenvalue weighted by Gasteiger charge is -1.99. The number of nitriles is 1. The van der Waals surface area contributed by atoms with Crippen LogP contribution in [0.5, 0.6) is 0 Å². The van der Waals surface area contributed by atoms with E-state index in [9.17, 15) is 9.18 Å². The zero-order valence-corrected chi connectivity index (χ0v) is 8.37. The van der Waals surface area contributed by atoms with Crippen LogP contribution in [0.2, 0.25) is 0 Å². The summed E-state index contributed by atoms with van der Waals surface area (Å²) in [5.74, 6) is -1.84. The first-order valence-corrected chi connectivity index (χ1v) is 4.26. The molecule has 5 heteroatoms. The highest BCUT2D eigenvalue weighted by molar-refractivity contribution is 14.1. The number of hydrogen-bond acceptors (Lipinski definition) is 2. The normalized spacial score (nSPS) is 9.31. The molecule has 1 aromatic rings. The molecule has 0 amide bonds. The van der Waals surface area contributed by atoms with Crippen LogP contribution in [0, 0.1) is 20.7 Å². The second-order valence-corrected chi connectivity index (χ2v) is 3.40. The van der Waals surface area contributed by atoms with Crippen molar-refractivity contribution in [2.45, 2.75) is 0 Å². The molecule has 1 N–H and O–H groups in total. The quantitative estimate of drug-likeness (QED) is 0.805. The van der Waals surface area contributed by atoms with Gasteiger partial charge in [0, 0.05) is 0 Å². The minimum Gasteiger partial charge on any atom is -0.478 e. The minimum atomic E-state index is -1.17. The molecule has 1 aromatic carbocycles. The Balaban J connectivity index is 3.41. The monoisotopic (exact) mass is 291 g/mol. The molecule has 0 atom stereocenters. The van der Waals surface area contributed by atoms with E-state index in [1.165, 1.54) is 6.07 Å². The molecule has 0 saturated carbocycles. The molecule has 0 heterocycles. The molecule has 66 valence electrons. The molecule has 0 radical (unpaired) electrons. The van der Waals surface area contributed by atoms with E-state index in [1.54, 1.807) is 28.7 Å². The Morgan fingerprint density at radius 2 is 2.23 bits per heavy atom. The second kappa shape index (κ2) is 3.70. The molecule has 0 saturated heterocycles. The van der Waals surface area contributed by atoms with Crippen LogP contribution in [0.1, 0.15) is 15.9 Å². The third kappa shape index (κ3) is 1.95. The van der Waals surface area contributed by atoms with Crippen molar-refractivity contribution < 1.29 is 14.3 Å². The van der Waals surface area contributed by atoms with E-state index >= 15 is 0 Å². The zero-order chi connectivity index (χ0) is 10.0. The number of hydrogen-bond donors (Lipinski definition) is 1. The number of aromatic carboxylic acids is 1. The van der Waals surface area contributed by atoms with Crippen LogP contribution < -0.4 is 0 Å². The van der Waals surface area contributed by atoms with Crippen LogP contribution in [-0.4, -0.2) is 11.1 Å². The van der Waals surface area contributed by atoms with E-state index in [1.807, 2.05) is 0 Å².